The lowest BCUT2D eigenvalue weighted by Crippen LogP contribution is -2.25. The molecule has 0 saturated heterocycles. The van der Waals surface area contributed by atoms with Crippen molar-refractivity contribution in [2.24, 2.45) is 21.9 Å². The molecule has 0 saturated carbocycles. The summed E-state index contributed by atoms with van der Waals surface area (Å²) in [5.74, 6) is -0.229. The molecule has 1 atom stereocenters. The first-order valence-corrected chi connectivity index (χ1v) is 8.04. The van der Waals surface area contributed by atoms with Gasteiger partial charge in [-0.25, -0.2) is 0 Å². The molecule has 0 spiro atoms. The van der Waals surface area contributed by atoms with Gasteiger partial charge in [0.1, 0.15) is 0 Å². The van der Waals surface area contributed by atoms with Gasteiger partial charge in [0.05, 0.1) is 17.8 Å². The lowest BCUT2D eigenvalue weighted by Gasteiger charge is -2.14. The largest absolute Gasteiger partial charge is 0.328 e. The fraction of sp³-hybridized carbons (Fsp3) is 0.316. The van der Waals surface area contributed by atoms with E-state index in [1.807, 2.05) is 51.2 Å². The highest BCUT2D eigenvalue weighted by molar-refractivity contribution is 6.36. The molecule has 126 valence electrons. The number of aryl methyl sites for hydroxylation is 1. The van der Waals surface area contributed by atoms with Gasteiger partial charge in [-0.2, -0.15) is 10.2 Å². The van der Waals surface area contributed by atoms with E-state index >= 15 is 0 Å². The Morgan fingerprint density at radius 3 is 2.33 bits per heavy atom. The highest BCUT2D eigenvalue weighted by Gasteiger charge is 2.22. The van der Waals surface area contributed by atoms with Gasteiger partial charge in [-0.1, -0.05) is 26.0 Å². The average molecular weight is 324 g/mol. The molecule has 5 heteroatoms. The average Bonchev–Trinajstić information content (AvgIpc) is 2.96. The first-order valence-electron chi connectivity index (χ1n) is 8.04. The molecule has 1 aliphatic heterocycles. The standard InChI is InChI=1S/C16H15N3O.C3H9N/c1-11-7-8-19(10-11)14-5-3-13(4-6-14)16-12(2)15(20)9-17-18-16;1-3(2)4/h3-10,12H,1-2H3;3H,4H2,1-2H3. The molecular formula is C19H24N4O. The van der Waals surface area contributed by atoms with Gasteiger partial charge in [0.2, 0.25) is 0 Å². The fourth-order valence-electron chi connectivity index (χ4n) is 2.26. The van der Waals surface area contributed by atoms with Crippen molar-refractivity contribution in [2.45, 2.75) is 33.7 Å². The minimum Gasteiger partial charge on any atom is -0.328 e. The Balaban J connectivity index is 0.000000471. The predicted molar refractivity (Wildman–Crippen MR) is 99.0 cm³/mol. The van der Waals surface area contributed by atoms with Gasteiger partial charge < -0.3 is 10.3 Å². The number of aromatic nitrogens is 1. The van der Waals surface area contributed by atoms with Gasteiger partial charge >= 0.3 is 0 Å². The topological polar surface area (TPSA) is 72.7 Å². The van der Waals surface area contributed by atoms with E-state index in [1.54, 1.807) is 0 Å². The molecule has 1 unspecified atom stereocenters. The number of benzene rings is 1. The third-order valence-electron chi connectivity index (χ3n) is 3.49. The summed E-state index contributed by atoms with van der Waals surface area (Å²) in [4.78, 5) is 11.6. The summed E-state index contributed by atoms with van der Waals surface area (Å²) in [6.07, 6.45) is 5.38. The van der Waals surface area contributed by atoms with Crippen LogP contribution in [0.2, 0.25) is 0 Å². The third-order valence-corrected chi connectivity index (χ3v) is 3.49. The Hall–Kier alpha value is -2.53. The summed E-state index contributed by atoms with van der Waals surface area (Å²) in [5, 5.41) is 7.85. The molecule has 2 N–H and O–H groups in total. The highest BCUT2D eigenvalue weighted by Crippen LogP contribution is 2.17. The maximum absolute atomic E-state index is 11.6. The zero-order valence-electron chi connectivity index (χ0n) is 14.6. The van der Waals surface area contributed by atoms with Crippen LogP contribution in [0.3, 0.4) is 0 Å². The van der Waals surface area contributed by atoms with Gasteiger partial charge in [0, 0.05) is 18.1 Å². The van der Waals surface area contributed by atoms with E-state index in [0.29, 0.717) is 6.04 Å². The number of carbonyl (C=O) groups is 1. The molecule has 5 nitrogen and oxygen atoms in total. The van der Waals surface area contributed by atoms with Crippen LogP contribution in [0.15, 0.2) is 52.9 Å². The summed E-state index contributed by atoms with van der Waals surface area (Å²) < 4.78 is 2.06. The number of hydrogen-bond acceptors (Lipinski definition) is 4. The number of nitrogens with zero attached hydrogens (tertiary/aromatic N) is 3. The summed E-state index contributed by atoms with van der Waals surface area (Å²) >= 11 is 0. The van der Waals surface area contributed by atoms with Crippen LogP contribution < -0.4 is 5.73 Å². The predicted octanol–water partition coefficient (Wildman–Crippen LogP) is 3.13. The highest BCUT2D eigenvalue weighted by atomic mass is 16.1. The lowest BCUT2D eigenvalue weighted by molar-refractivity contribution is -0.114. The number of nitrogens with two attached hydrogens (primary N) is 1. The minimum absolute atomic E-state index is 0.000103. The van der Waals surface area contributed by atoms with Crippen LogP contribution >= 0.6 is 0 Å². The second-order valence-electron chi connectivity index (χ2n) is 6.24. The number of hydrogen-bond donors (Lipinski definition) is 1. The molecule has 0 amide bonds. The van der Waals surface area contributed by atoms with Gasteiger partial charge in [-0.05, 0) is 49.2 Å². The summed E-state index contributed by atoms with van der Waals surface area (Å²) in [5.41, 5.74) is 9.09. The van der Waals surface area contributed by atoms with Crippen molar-refractivity contribution in [1.82, 2.24) is 4.57 Å². The Morgan fingerprint density at radius 1 is 1.17 bits per heavy atom. The van der Waals surface area contributed by atoms with Crippen molar-refractivity contribution in [1.29, 1.82) is 0 Å². The molecule has 1 aliphatic rings. The quantitative estimate of drug-likeness (QED) is 0.921. The van der Waals surface area contributed by atoms with E-state index in [1.165, 1.54) is 11.8 Å². The molecule has 3 rings (SSSR count). The molecule has 2 heterocycles. The van der Waals surface area contributed by atoms with Crippen molar-refractivity contribution in [3.63, 3.8) is 0 Å². The monoisotopic (exact) mass is 324 g/mol. The number of Topliss-reactive ketones (excluding diaryl/α,β-unsaturated/α-hetero) is 1. The van der Waals surface area contributed by atoms with Crippen LogP contribution in [0.4, 0.5) is 0 Å². The van der Waals surface area contributed by atoms with E-state index in [0.717, 1.165) is 17.0 Å². The fourth-order valence-corrected chi connectivity index (χ4v) is 2.26. The molecule has 0 bridgehead atoms. The van der Waals surface area contributed by atoms with Crippen LogP contribution in [-0.4, -0.2) is 28.3 Å². The van der Waals surface area contributed by atoms with Gasteiger partial charge in [0.25, 0.3) is 0 Å². The smallest absolute Gasteiger partial charge is 0.184 e. The van der Waals surface area contributed by atoms with Crippen molar-refractivity contribution in [3.05, 3.63) is 53.9 Å². The molecule has 0 aliphatic carbocycles. The summed E-state index contributed by atoms with van der Waals surface area (Å²) in [6, 6.07) is 10.4. The molecule has 0 radical (unpaired) electrons. The van der Waals surface area contributed by atoms with Crippen molar-refractivity contribution in [2.75, 3.05) is 0 Å². The lowest BCUT2D eigenvalue weighted by atomic mass is 9.94. The Morgan fingerprint density at radius 2 is 1.79 bits per heavy atom. The number of ketones is 1. The molecule has 0 fully saturated rings. The molecular weight excluding hydrogens is 300 g/mol. The second kappa shape index (κ2) is 7.84. The normalized spacial score (nSPS) is 16.7. The number of carbonyl (C=O) groups excluding carboxylic acids is 1. The first-order chi connectivity index (χ1) is 11.4. The maximum atomic E-state index is 11.6. The van der Waals surface area contributed by atoms with E-state index < -0.39 is 0 Å². The zero-order chi connectivity index (χ0) is 17.7. The van der Waals surface area contributed by atoms with Gasteiger partial charge in [0.15, 0.2) is 5.78 Å². The van der Waals surface area contributed by atoms with Gasteiger partial charge in [-0.15, -0.1) is 0 Å². The summed E-state index contributed by atoms with van der Waals surface area (Å²) in [6.45, 7) is 7.81. The zero-order valence-corrected chi connectivity index (χ0v) is 14.6. The molecule has 24 heavy (non-hydrogen) atoms. The van der Waals surface area contributed by atoms with Gasteiger partial charge in [-0.3, -0.25) is 4.79 Å². The van der Waals surface area contributed by atoms with E-state index in [2.05, 4.69) is 34.0 Å². The second-order valence-corrected chi connectivity index (χ2v) is 6.24. The van der Waals surface area contributed by atoms with Crippen molar-refractivity contribution in [3.8, 4) is 5.69 Å². The minimum atomic E-state index is -0.229. The van der Waals surface area contributed by atoms with Crippen LogP contribution in [0.5, 0.6) is 0 Å². The van der Waals surface area contributed by atoms with E-state index in [-0.39, 0.29) is 11.7 Å². The molecule has 2 aromatic rings. The first kappa shape index (κ1) is 17.8. The SMILES string of the molecule is CC(C)N.Cc1ccn(-c2ccc(C3=NN=CC(=O)C3C)cc2)c1. The van der Waals surface area contributed by atoms with Crippen LogP contribution in [0.25, 0.3) is 5.69 Å². The molecule has 1 aromatic heterocycles. The van der Waals surface area contributed by atoms with Crippen LogP contribution in [0, 0.1) is 12.8 Å². The van der Waals surface area contributed by atoms with Crippen LogP contribution in [-0.2, 0) is 4.79 Å². The number of rotatable bonds is 2. The maximum Gasteiger partial charge on any atom is 0.184 e. The molecule has 1 aromatic carbocycles. The summed E-state index contributed by atoms with van der Waals surface area (Å²) in [7, 11) is 0. The van der Waals surface area contributed by atoms with E-state index in [9.17, 15) is 4.79 Å². The van der Waals surface area contributed by atoms with Crippen LogP contribution in [0.1, 0.15) is 31.9 Å². The Kier molecular flexibility index (Phi) is 5.82. The van der Waals surface area contributed by atoms with Crippen molar-refractivity contribution < 1.29 is 4.79 Å². The third kappa shape index (κ3) is 4.49. The Labute approximate surface area is 142 Å². The van der Waals surface area contributed by atoms with E-state index in [4.69, 9.17) is 5.73 Å². The Bertz CT molecular complexity index is 751. The van der Waals surface area contributed by atoms with Crippen molar-refractivity contribution >= 4 is 17.7 Å².